The predicted molar refractivity (Wildman–Crippen MR) is 67.8 cm³/mol. The van der Waals surface area contributed by atoms with E-state index in [1.807, 2.05) is 18.2 Å². The van der Waals surface area contributed by atoms with E-state index in [2.05, 4.69) is 19.1 Å². The molecule has 1 nitrogen and oxygen atoms in total. The molecule has 0 saturated heterocycles. The maximum Gasteiger partial charge on any atom is 0.165 e. The molecule has 17 heavy (non-hydrogen) atoms. The Bertz CT molecular complexity index is 503. The van der Waals surface area contributed by atoms with E-state index in [1.54, 1.807) is 6.07 Å². The summed E-state index contributed by atoms with van der Waals surface area (Å²) in [7, 11) is 1.47. The number of hydrogen-bond acceptors (Lipinski definition) is 1. The number of ether oxygens (including phenoxy) is 1. The van der Waals surface area contributed by atoms with Crippen LogP contribution < -0.4 is 4.74 Å². The molecule has 88 valence electrons. The van der Waals surface area contributed by atoms with Crippen LogP contribution in [-0.4, -0.2) is 7.11 Å². The average Bonchev–Trinajstić information content (AvgIpc) is 2.39. The summed E-state index contributed by atoms with van der Waals surface area (Å²) in [5.41, 5.74) is 3.16. The number of methoxy groups -OCH3 is 1. The summed E-state index contributed by atoms with van der Waals surface area (Å²) in [5.74, 6) is -0.0523. The minimum atomic E-state index is -0.329. The van der Waals surface area contributed by atoms with Crippen molar-refractivity contribution < 1.29 is 9.13 Å². The summed E-state index contributed by atoms with van der Waals surface area (Å²) in [4.78, 5) is 0. The number of aryl methyl sites for hydroxylation is 1. The number of benzene rings is 2. The summed E-state index contributed by atoms with van der Waals surface area (Å²) in [6, 6.07) is 13.2. The molecule has 0 saturated carbocycles. The second kappa shape index (κ2) is 5.00. The highest BCUT2D eigenvalue weighted by Gasteiger charge is 2.04. The molecule has 2 heteroatoms. The van der Waals surface area contributed by atoms with Crippen molar-refractivity contribution >= 4 is 0 Å². The summed E-state index contributed by atoms with van der Waals surface area (Å²) in [6.07, 6.45) is 1.01. The smallest absolute Gasteiger partial charge is 0.165 e. The topological polar surface area (TPSA) is 9.23 Å². The largest absolute Gasteiger partial charge is 0.494 e. The third kappa shape index (κ3) is 2.47. The van der Waals surface area contributed by atoms with Crippen LogP contribution in [-0.2, 0) is 6.42 Å². The van der Waals surface area contributed by atoms with Gasteiger partial charge in [-0.15, -0.1) is 0 Å². The van der Waals surface area contributed by atoms with Gasteiger partial charge in [0.05, 0.1) is 7.11 Å². The first-order chi connectivity index (χ1) is 8.24. The summed E-state index contributed by atoms with van der Waals surface area (Å²) >= 11 is 0. The van der Waals surface area contributed by atoms with E-state index in [1.165, 1.54) is 18.7 Å². The van der Waals surface area contributed by atoms with E-state index in [4.69, 9.17) is 4.74 Å². The maximum atomic E-state index is 13.6. The van der Waals surface area contributed by atoms with Gasteiger partial charge in [0.15, 0.2) is 11.6 Å². The summed E-state index contributed by atoms with van der Waals surface area (Å²) < 4.78 is 18.5. The Balaban J connectivity index is 2.35. The summed E-state index contributed by atoms with van der Waals surface area (Å²) in [6.45, 7) is 2.11. The van der Waals surface area contributed by atoms with Gasteiger partial charge in [0.2, 0.25) is 0 Å². The first-order valence-electron chi connectivity index (χ1n) is 5.67. The zero-order valence-electron chi connectivity index (χ0n) is 10.0. The quantitative estimate of drug-likeness (QED) is 0.772. The fourth-order valence-corrected chi connectivity index (χ4v) is 1.78. The zero-order chi connectivity index (χ0) is 12.3. The van der Waals surface area contributed by atoms with Crippen molar-refractivity contribution in [1.82, 2.24) is 0 Å². The number of hydrogen-bond donors (Lipinski definition) is 0. The first-order valence-corrected chi connectivity index (χ1v) is 5.67. The Morgan fingerprint density at radius 1 is 1.00 bits per heavy atom. The van der Waals surface area contributed by atoms with E-state index in [0.29, 0.717) is 0 Å². The van der Waals surface area contributed by atoms with Gasteiger partial charge in [0, 0.05) is 0 Å². The minimum absolute atomic E-state index is 0.277. The molecule has 0 atom stereocenters. The molecular formula is C15H15FO. The van der Waals surface area contributed by atoms with Crippen LogP contribution in [0.15, 0.2) is 42.5 Å². The molecule has 0 fully saturated rings. The zero-order valence-corrected chi connectivity index (χ0v) is 10.0. The van der Waals surface area contributed by atoms with Crippen LogP contribution in [0.1, 0.15) is 12.5 Å². The van der Waals surface area contributed by atoms with E-state index >= 15 is 0 Å². The van der Waals surface area contributed by atoms with Gasteiger partial charge in [-0.1, -0.05) is 37.3 Å². The average molecular weight is 230 g/mol. The Morgan fingerprint density at radius 2 is 1.65 bits per heavy atom. The van der Waals surface area contributed by atoms with E-state index < -0.39 is 0 Å². The lowest BCUT2D eigenvalue weighted by Gasteiger charge is -2.06. The van der Waals surface area contributed by atoms with Gasteiger partial charge < -0.3 is 4.74 Å². The lowest BCUT2D eigenvalue weighted by Crippen LogP contribution is -1.88. The highest BCUT2D eigenvalue weighted by molar-refractivity contribution is 5.64. The molecule has 2 rings (SSSR count). The van der Waals surface area contributed by atoms with E-state index in [0.717, 1.165) is 17.5 Å². The molecule has 2 aromatic carbocycles. The lowest BCUT2D eigenvalue weighted by molar-refractivity contribution is 0.386. The standard InChI is InChI=1S/C15H15FO/c1-3-11-4-6-12(7-5-11)13-8-9-15(17-2)14(16)10-13/h4-10H,3H2,1-2H3. The molecule has 0 aromatic heterocycles. The van der Waals surface area contributed by atoms with Gasteiger partial charge in [0.25, 0.3) is 0 Å². The Morgan fingerprint density at radius 3 is 2.18 bits per heavy atom. The van der Waals surface area contributed by atoms with Crippen LogP contribution in [0, 0.1) is 5.82 Å². The second-order valence-electron chi connectivity index (χ2n) is 3.90. The highest BCUT2D eigenvalue weighted by Crippen LogP contribution is 2.25. The normalized spacial score (nSPS) is 10.3. The molecule has 0 N–H and O–H groups in total. The van der Waals surface area contributed by atoms with Crippen molar-refractivity contribution in [3.05, 3.63) is 53.8 Å². The fraction of sp³-hybridized carbons (Fsp3) is 0.200. The van der Waals surface area contributed by atoms with Crippen LogP contribution in [0.25, 0.3) is 11.1 Å². The minimum Gasteiger partial charge on any atom is -0.494 e. The first kappa shape index (κ1) is 11.6. The predicted octanol–water partition coefficient (Wildman–Crippen LogP) is 4.06. The van der Waals surface area contributed by atoms with Crippen LogP contribution >= 0.6 is 0 Å². The lowest BCUT2D eigenvalue weighted by atomic mass is 10.0. The van der Waals surface area contributed by atoms with Gasteiger partial charge in [0.1, 0.15) is 0 Å². The Hall–Kier alpha value is -1.83. The van der Waals surface area contributed by atoms with Crippen LogP contribution in [0.2, 0.25) is 0 Å². The molecular weight excluding hydrogens is 215 g/mol. The van der Waals surface area contributed by atoms with Crippen molar-refractivity contribution in [2.24, 2.45) is 0 Å². The van der Waals surface area contributed by atoms with Crippen molar-refractivity contribution in [3.8, 4) is 16.9 Å². The molecule has 0 spiro atoms. The molecule has 0 aliphatic carbocycles. The number of rotatable bonds is 3. The van der Waals surface area contributed by atoms with E-state index in [-0.39, 0.29) is 11.6 Å². The van der Waals surface area contributed by atoms with Crippen LogP contribution in [0.4, 0.5) is 4.39 Å². The molecule has 0 aliphatic heterocycles. The van der Waals surface area contributed by atoms with Crippen molar-refractivity contribution in [3.63, 3.8) is 0 Å². The van der Waals surface area contributed by atoms with Gasteiger partial charge in [-0.05, 0) is 35.2 Å². The SMILES string of the molecule is CCc1ccc(-c2ccc(OC)c(F)c2)cc1. The van der Waals surface area contributed by atoms with Gasteiger partial charge >= 0.3 is 0 Å². The molecule has 0 bridgehead atoms. The number of halogens is 1. The van der Waals surface area contributed by atoms with Gasteiger partial charge in [-0.3, -0.25) is 0 Å². The third-order valence-electron chi connectivity index (χ3n) is 2.85. The molecule has 0 radical (unpaired) electrons. The van der Waals surface area contributed by atoms with Crippen molar-refractivity contribution in [2.45, 2.75) is 13.3 Å². The molecule has 2 aromatic rings. The fourth-order valence-electron chi connectivity index (χ4n) is 1.78. The Labute approximate surface area is 101 Å². The Kier molecular flexibility index (Phi) is 3.43. The summed E-state index contributed by atoms with van der Waals surface area (Å²) in [5, 5.41) is 0. The molecule has 0 heterocycles. The second-order valence-corrected chi connectivity index (χ2v) is 3.90. The molecule has 0 unspecified atom stereocenters. The maximum absolute atomic E-state index is 13.6. The van der Waals surface area contributed by atoms with Gasteiger partial charge in [-0.25, -0.2) is 4.39 Å². The van der Waals surface area contributed by atoms with Crippen molar-refractivity contribution in [2.75, 3.05) is 7.11 Å². The van der Waals surface area contributed by atoms with E-state index in [9.17, 15) is 4.39 Å². The monoisotopic (exact) mass is 230 g/mol. The van der Waals surface area contributed by atoms with Gasteiger partial charge in [-0.2, -0.15) is 0 Å². The molecule has 0 aliphatic rings. The van der Waals surface area contributed by atoms with Crippen LogP contribution in [0.5, 0.6) is 5.75 Å². The third-order valence-corrected chi connectivity index (χ3v) is 2.85. The van der Waals surface area contributed by atoms with Crippen LogP contribution in [0.3, 0.4) is 0 Å². The molecule has 0 amide bonds. The van der Waals surface area contributed by atoms with Crippen molar-refractivity contribution in [1.29, 1.82) is 0 Å². The highest BCUT2D eigenvalue weighted by atomic mass is 19.1.